The minimum absolute atomic E-state index is 0.0686. The first-order chi connectivity index (χ1) is 18.3. The van der Waals surface area contributed by atoms with Crippen LogP contribution in [0.2, 0.25) is 10.0 Å². The lowest BCUT2D eigenvalue weighted by molar-refractivity contribution is -0.104. The van der Waals surface area contributed by atoms with Crippen LogP contribution >= 0.6 is 23.2 Å². The molecule has 1 amide bonds. The van der Waals surface area contributed by atoms with Gasteiger partial charge in [-0.05, 0) is 61.4 Å². The molecule has 1 heterocycles. The summed E-state index contributed by atoms with van der Waals surface area (Å²) in [5.74, 6) is 0.723. The van der Waals surface area contributed by atoms with E-state index in [0.717, 1.165) is 74.5 Å². The highest BCUT2D eigenvalue weighted by atomic mass is 35.5. The third kappa shape index (κ3) is 8.55. The van der Waals surface area contributed by atoms with E-state index in [0.29, 0.717) is 16.7 Å². The molecule has 0 saturated carbocycles. The molecule has 10 heteroatoms. The van der Waals surface area contributed by atoms with Gasteiger partial charge in [-0.2, -0.15) is 0 Å². The Hall–Kier alpha value is -2.94. The number of carbonyl (C=O) groups excluding carboxylic acids is 2. The van der Waals surface area contributed by atoms with Crippen molar-refractivity contribution in [3.05, 3.63) is 58.1 Å². The van der Waals surface area contributed by atoms with Gasteiger partial charge in [0.25, 0.3) is 0 Å². The number of nitrogens with zero attached hydrogens (tertiary/aromatic N) is 4. The van der Waals surface area contributed by atoms with Gasteiger partial charge in [-0.1, -0.05) is 29.3 Å². The maximum Gasteiger partial charge on any atom is 0.410 e. The summed E-state index contributed by atoms with van der Waals surface area (Å²) in [4.78, 5) is 30.6. The van der Waals surface area contributed by atoms with Crippen LogP contribution in [0.1, 0.15) is 18.4 Å². The third-order valence-corrected chi connectivity index (χ3v) is 7.10. The van der Waals surface area contributed by atoms with Crippen LogP contribution in [0.5, 0.6) is 5.75 Å². The molecule has 8 nitrogen and oxygen atoms in total. The SMILES string of the molecule is CN(C)C(=O)OCN(C)c1cc(OCCCCN2CCN(c3cccc(Cl)c3Cl)CC2)ccc1/C=C\C=O. The quantitative estimate of drug-likeness (QED) is 0.151. The Labute approximate surface area is 235 Å². The largest absolute Gasteiger partial charge is 0.494 e. The van der Waals surface area contributed by atoms with Crippen molar-refractivity contribution in [3.63, 3.8) is 0 Å². The summed E-state index contributed by atoms with van der Waals surface area (Å²) in [7, 11) is 5.08. The zero-order chi connectivity index (χ0) is 27.5. The second-order valence-corrected chi connectivity index (χ2v) is 10.1. The Kier molecular flexibility index (Phi) is 11.6. The van der Waals surface area contributed by atoms with Crippen molar-refractivity contribution >= 4 is 53.0 Å². The van der Waals surface area contributed by atoms with Gasteiger partial charge < -0.3 is 24.2 Å². The van der Waals surface area contributed by atoms with Crippen LogP contribution in [-0.4, -0.2) is 89.4 Å². The Morgan fingerprint density at radius 1 is 1.05 bits per heavy atom. The lowest BCUT2D eigenvalue weighted by Crippen LogP contribution is -2.46. The first-order valence-corrected chi connectivity index (χ1v) is 13.4. The molecule has 38 heavy (non-hydrogen) atoms. The maximum atomic E-state index is 11.8. The fourth-order valence-electron chi connectivity index (χ4n) is 4.15. The minimum atomic E-state index is -0.427. The summed E-state index contributed by atoms with van der Waals surface area (Å²) in [6.45, 7) is 5.48. The number of unbranched alkanes of at least 4 members (excludes halogenated alkanes) is 1. The van der Waals surface area contributed by atoms with Crippen LogP contribution in [0.4, 0.5) is 16.2 Å². The third-order valence-electron chi connectivity index (χ3n) is 6.30. The van der Waals surface area contributed by atoms with Crippen LogP contribution in [-0.2, 0) is 9.53 Å². The molecule has 1 aliphatic rings. The molecule has 2 aromatic carbocycles. The highest BCUT2D eigenvalue weighted by Gasteiger charge is 2.19. The fourth-order valence-corrected chi connectivity index (χ4v) is 4.57. The molecular formula is C28H36Cl2N4O4. The van der Waals surface area contributed by atoms with E-state index < -0.39 is 6.09 Å². The van der Waals surface area contributed by atoms with E-state index in [1.54, 1.807) is 25.1 Å². The minimum Gasteiger partial charge on any atom is -0.494 e. The average molecular weight is 564 g/mol. The number of allylic oxidation sites excluding steroid dienone is 1. The summed E-state index contributed by atoms with van der Waals surface area (Å²) in [6, 6.07) is 11.4. The van der Waals surface area contributed by atoms with Crippen molar-refractivity contribution in [3.8, 4) is 5.75 Å². The topological polar surface area (TPSA) is 65.6 Å². The van der Waals surface area contributed by atoms with Gasteiger partial charge in [0.1, 0.15) is 12.0 Å². The number of anilines is 2. The first-order valence-electron chi connectivity index (χ1n) is 12.7. The van der Waals surface area contributed by atoms with Crippen LogP contribution in [0, 0.1) is 0 Å². The number of aldehydes is 1. The molecule has 2 aromatic rings. The van der Waals surface area contributed by atoms with Crippen LogP contribution in [0.15, 0.2) is 42.5 Å². The van der Waals surface area contributed by atoms with E-state index in [-0.39, 0.29) is 6.73 Å². The van der Waals surface area contributed by atoms with Crippen LogP contribution in [0.3, 0.4) is 0 Å². The summed E-state index contributed by atoms with van der Waals surface area (Å²) in [5, 5.41) is 1.21. The fraction of sp³-hybridized carbons (Fsp3) is 0.429. The smallest absolute Gasteiger partial charge is 0.410 e. The normalized spacial score (nSPS) is 14.0. The molecule has 0 atom stereocenters. The van der Waals surface area contributed by atoms with Gasteiger partial charge in [0.15, 0.2) is 6.73 Å². The van der Waals surface area contributed by atoms with Crippen LogP contribution < -0.4 is 14.5 Å². The van der Waals surface area contributed by atoms with Gasteiger partial charge in [-0.3, -0.25) is 9.69 Å². The van der Waals surface area contributed by atoms with E-state index in [9.17, 15) is 9.59 Å². The van der Waals surface area contributed by atoms with Gasteiger partial charge in [0.2, 0.25) is 0 Å². The summed E-state index contributed by atoms with van der Waals surface area (Å²) < 4.78 is 11.3. The Bertz CT molecular complexity index is 1100. The van der Waals surface area contributed by atoms with Gasteiger partial charge in [0, 0.05) is 53.4 Å². The maximum absolute atomic E-state index is 11.8. The van der Waals surface area contributed by atoms with Crippen molar-refractivity contribution in [1.29, 1.82) is 0 Å². The number of ether oxygens (including phenoxy) is 2. The molecule has 0 unspecified atom stereocenters. The van der Waals surface area contributed by atoms with E-state index in [4.69, 9.17) is 32.7 Å². The van der Waals surface area contributed by atoms with Crippen molar-refractivity contribution in [2.24, 2.45) is 0 Å². The molecule has 1 fully saturated rings. The number of halogens is 2. The lowest BCUT2D eigenvalue weighted by atomic mass is 10.1. The van der Waals surface area contributed by atoms with E-state index in [2.05, 4.69) is 9.80 Å². The van der Waals surface area contributed by atoms with Gasteiger partial charge in [-0.25, -0.2) is 4.79 Å². The van der Waals surface area contributed by atoms with Gasteiger partial charge in [0.05, 0.1) is 28.0 Å². The molecule has 0 aliphatic carbocycles. The molecule has 0 bridgehead atoms. The molecular weight excluding hydrogens is 527 g/mol. The zero-order valence-corrected chi connectivity index (χ0v) is 23.7. The average Bonchev–Trinajstić information content (AvgIpc) is 2.92. The molecule has 3 rings (SSSR count). The predicted octanol–water partition coefficient (Wildman–Crippen LogP) is 5.28. The zero-order valence-electron chi connectivity index (χ0n) is 22.2. The molecule has 206 valence electrons. The van der Waals surface area contributed by atoms with E-state index >= 15 is 0 Å². The number of hydrogen-bond donors (Lipinski definition) is 0. The molecule has 1 saturated heterocycles. The summed E-state index contributed by atoms with van der Waals surface area (Å²) in [5.41, 5.74) is 2.62. The molecule has 0 N–H and O–H groups in total. The Morgan fingerprint density at radius 3 is 2.53 bits per heavy atom. The Balaban J connectivity index is 1.45. The van der Waals surface area contributed by atoms with Gasteiger partial charge >= 0.3 is 6.09 Å². The number of carbonyl (C=O) groups is 2. The van der Waals surface area contributed by atoms with Crippen molar-refractivity contribution in [1.82, 2.24) is 9.80 Å². The standard InChI is InChI=1S/C28H36Cl2N4O4/c1-31(2)28(36)38-21-32(3)26-20-23(12-11-22(26)8-7-18-35)37-19-5-4-13-33-14-16-34(17-15-33)25-10-6-9-24(29)27(25)30/h6-12,18,20H,4-5,13-17,19,21H2,1-3H3/b8-7-. The number of benzene rings is 2. The lowest BCUT2D eigenvalue weighted by Gasteiger charge is -2.36. The monoisotopic (exact) mass is 562 g/mol. The highest BCUT2D eigenvalue weighted by molar-refractivity contribution is 6.43. The number of hydrogen-bond acceptors (Lipinski definition) is 7. The molecule has 0 aromatic heterocycles. The molecule has 0 spiro atoms. The van der Waals surface area contributed by atoms with Crippen molar-refractivity contribution < 1.29 is 19.1 Å². The second-order valence-electron chi connectivity index (χ2n) is 9.30. The second kappa shape index (κ2) is 14.9. The molecule has 1 aliphatic heterocycles. The summed E-state index contributed by atoms with van der Waals surface area (Å²) in [6.07, 6.45) is 5.42. The van der Waals surface area contributed by atoms with Crippen molar-refractivity contribution in [2.75, 3.05) is 77.0 Å². The van der Waals surface area contributed by atoms with E-state index in [1.807, 2.05) is 43.4 Å². The first kappa shape index (κ1) is 29.6. The molecule has 0 radical (unpaired) electrons. The van der Waals surface area contributed by atoms with Crippen molar-refractivity contribution in [2.45, 2.75) is 12.8 Å². The van der Waals surface area contributed by atoms with Gasteiger partial charge in [-0.15, -0.1) is 0 Å². The number of piperazine rings is 1. The number of amides is 1. The van der Waals surface area contributed by atoms with E-state index in [1.165, 1.54) is 11.0 Å². The highest BCUT2D eigenvalue weighted by Crippen LogP contribution is 2.33. The van der Waals surface area contributed by atoms with Crippen LogP contribution in [0.25, 0.3) is 6.08 Å². The summed E-state index contributed by atoms with van der Waals surface area (Å²) >= 11 is 12.6. The number of rotatable bonds is 12. The predicted molar refractivity (Wildman–Crippen MR) is 155 cm³/mol. The Morgan fingerprint density at radius 2 is 1.82 bits per heavy atom.